The molecule has 1 unspecified atom stereocenters. The molecule has 1 amide bonds. The van der Waals surface area contributed by atoms with E-state index in [2.05, 4.69) is 15.5 Å². The number of para-hydroxylation sites is 1. The molecular weight excluding hydrogens is 306 g/mol. The van der Waals surface area contributed by atoms with E-state index in [4.69, 9.17) is 0 Å². The number of aryl methyl sites for hydroxylation is 1. The summed E-state index contributed by atoms with van der Waals surface area (Å²) in [6.07, 6.45) is 5.02. The molecule has 7 nitrogen and oxygen atoms in total. The molecule has 0 saturated carbocycles. The van der Waals surface area contributed by atoms with Crippen LogP contribution in [0.1, 0.15) is 23.0 Å². The Labute approximate surface area is 139 Å². The Balaban J connectivity index is 1.66. The molecule has 0 radical (unpaired) electrons. The van der Waals surface area contributed by atoms with Gasteiger partial charge in [-0.15, -0.1) is 0 Å². The molecule has 24 heavy (non-hydrogen) atoms. The number of aromatic nitrogens is 4. The highest BCUT2D eigenvalue weighted by molar-refractivity contribution is 5.92. The van der Waals surface area contributed by atoms with Crippen molar-refractivity contribution in [2.24, 2.45) is 7.05 Å². The van der Waals surface area contributed by atoms with E-state index in [1.54, 1.807) is 48.0 Å². The number of nitrogens with zero attached hydrogens (tertiary/aromatic N) is 4. The van der Waals surface area contributed by atoms with Crippen LogP contribution in [0, 0.1) is 0 Å². The van der Waals surface area contributed by atoms with Crippen LogP contribution < -0.4 is 5.32 Å². The number of carbonyl (C=O) groups excluding carboxylic acids is 1. The first-order valence-corrected chi connectivity index (χ1v) is 7.56. The molecule has 2 N–H and O–H groups in total. The van der Waals surface area contributed by atoms with Gasteiger partial charge in [0.15, 0.2) is 5.69 Å². The average molecular weight is 325 g/mol. The Hall–Kier alpha value is -2.93. The lowest BCUT2D eigenvalue weighted by Crippen LogP contribution is -2.38. The first kappa shape index (κ1) is 15.9. The van der Waals surface area contributed by atoms with Crippen molar-refractivity contribution in [1.82, 2.24) is 24.9 Å². The molecule has 0 spiro atoms. The van der Waals surface area contributed by atoms with Crippen molar-refractivity contribution in [3.63, 3.8) is 0 Å². The van der Waals surface area contributed by atoms with E-state index < -0.39 is 5.60 Å². The summed E-state index contributed by atoms with van der Waals surface area (Å²) >= 11 is 0. The maximum absolute atomic E-state index is 12.3. The van der Waals surface area contributed by atoms with Crippen molar-refractivity contribution in [1.29, 1.82) is 0 Å². The highest BCUT2D eigenvalue weighted by Gasteiger charge is 2.26. The highest BCUT2D eigenvalue weighted by atomic mass is 16.3. The Kier molecular flexibility index (Phi) is 4.18. The number of nitrogens with one attached hydrogen (secondary N) is 1. The molecule has 7 heteroatoms. The van der Waals surface area contributed by atoms with Gasteiger partial charge in [0.1, 0.15) is 5.60 Å². The average Bonchev–Trinajstić information content (AvgIpc) is 3.23. The SMILES string of the molecule is Cn1cc(C(C)(O)CNC(=O)c2ccn(-c3ccccc3)n2)cn1. The number of amides is 1. The summed E-state index contributed by atoms with van der Waals surface area (Å²) in [6.45, 7) is 1.70. The van der Waals surface area contributed by atoms with Gasteiger partial charge >= 0.3 is 0 Å². The number of hydrogen-bond acceptors (Lipinski definition) is 4. The molecule has 0 fully saturated rings. The molecule has 2 heterocycles. The Bertz CT molecular complexity index is 836. The Morgan fingerprint density at radius 1 is 1.29 bits per heavy atom. The summed E-state index contributed by atoms with van der Waals surface area (Å²) in [5.74, 6) is -0.339. The fraction of sp³-hybridized carbons (Fsp3) is 0.235. The largest absolute Gasteiger partial charge is 0.383 e. The molecule has 0 aliphatic carbocycles. The number of rotatable bonds is 5. The highest BCUT2D eigenvalue weighted by Crippen LogP contribution is 2.18. The van der Waals surface area contributed by atoms with Crippen molar-refractivity contribution in [2.75, 3.05) is 6.54 Å². The summed E-state index contributed by atoms with van der Waals surface area (Å²) in [4.78, 5) is 12.3. The second-order valence-electron chi connectivity index (χ2n) is 5.84. The summed E-state index contributed by atoms with van der Waals surface area (Å²) in [5, 5.41) is 21.5. The van der Waals surface area contributed by atoms with Crippen LogP contribution >= 0.6 is 0 Å². The quantitative estimate of drug-likeness (QED) is 0.739. The lowest BCUT2D eigenvalue weighted by molar-refractivity contribution is 0.0524. The van der Waals surface area contributed by atoms with Crippen molar-refractivity contribution < 1.29 is 9.90 Å². The minimum Gasteiger partial charge on any atom is -0.383 e. The van der Waals surface area contributed by atoms with Crippen molar-refractivity contribution >= 4 is 5.91 Å². The maximum atomic E-state index is 12.3. The fourth-order valence-corrected chi connectivity index (χ4v) is 2.31. The van der Waals surface area contributed by atoms with Gasteiger partial charge in [-0.25, -0.2) is 4.68 Å². The van der Waals surface area contributed by atoms with Gasteiger partial charge in [-0.2, -0.15) is 10.2 Å². The number of carbonyl (C=O) groups is 1. The molecule has 2 aromatic heterocycles. The number of aliphatic hydroxyl groups is 1. The first-order chi connectivity index (χ1) is 11.5. The van der Waals surface area contributed by atoms with Gasteiger partial charge in [-0.05, 0) is 25.1 Å². The summed E-state index contributed by atoms with van der Waals surface area (Å²) in [7, 11) is 1.77. The van der Waals surface area contributed by atoms with Crippen LogP contribution in [0.5, 0.6) is 0 Å². The van der Waals surface area contributed by atoms with E-state index in [-0.39, 0.29) is 12.5 Å². The zero-order valence-corrected chi connectivity index (χ0v) is 13.5. The normalized spacial score (nSPS) is 13.5. The molecule has 0 saturated heterocycles. The molecule has 0 aliphatic heterocycles. The van der Waals surface area contributed by atoms with E-state index in [1.165, 1.54) is 0 Å². The van der Waals surface area contributed by atoms with Crippen molar-refractivity contribution in [3.05, 3.63) is 66.2 Å². The second kappa shape index (κ2) is 6.29. The van der Waals surface area contributed by atoms with Crippen LogP contribution in [-0.4, -0.2) is 37.1 Å². The fourth-order valence-electron chi connectivity index (χ4n) is 2.31. The van der Waals surface area contributed by atoms with Gasteiger partial charge in [0.25, 0.3) is 5.91 Å². The molecule has 124 valence electrons. The van der Waals surface area contributed by atoms with E-state index in [0.717, 1.165) is 5.69 Å². The van der Waals surface area contributed by atoms with E-state index >= 15 is 0 Å². The van der Waals surface area contributed by atoms with Gasteiger partial charge < -0.3 is 10.4 Å². The predicted octanol–water partition coefficient (Wildman–Crippen LogP) is 1.24. The van der Waals surface area contributed by atoms with Crippen molar-refractivity contribution in [2.45, 2.75) is 12.5 Å². The van der Waals surface area contributed by atoms with Gasteiger partial charge in [-0.1, -0.05) is 18.2 Å². The zero-order chi connectivity index (χ0) is 17.2. The molecule has 1 atom stereocenters. The van der Waals surface area contributed by atoms with Crippen LogP contribution in [0.4, 0.5) is 0 Å². The summed E-state index contributed by atoms with van der Waals surface area (Å²) < 4.78 is 3.24. The van der Waals surface area contributed by atoms with Crippen LogP contribution in [0.3, 0.4) is 0 Å². The standard InChI is InChI=1S/C17H19N5O2/c1-17(24,13-10-19-21(2)11-13)12-18-16(23)15-8-9-22(20-15)14-6-4-3-5-7-14/h3-11,24H,12H2,1-2H3,(H,18,23). The van der Waals surface area contributed by atoms with Crippen molar-refractivity contribution in [3.8, 4) is 5.69 Å². The zero-order valence-electron chi connectivity index (χ0n) is 13.5. The molecular formula is C17H19N5O2. The van der Waals surface area contributed by atoms with E-state index in [9.17, 15) is 9.90 Å². The van der Waals surface area contributed by atoms with Crippen LogP contribution in [0.2, 0.25) is 0 Å². The Morgan fingerprint density at radius 3 is 2.71 bits per heavy atom. The topological polar surface area (TPSA) is 85.0 Å². The lowest BCUT2D eigenvalue weighted by atomic mass is 10.00. The molecule has 3 aromatic rings. The van der Waals surface area contributed by atoms with Crippen LogP contribution in [0.25, 0.3) is 5.69 Å². The summed E-state index contributed by atoms with van der Waals surface area (Å²) in [6, 6.07) is 11.2. The molecule has 3 rings (SSSR count). The lowest BCUT2D eigenvalue weighted by Gasteiger charge is -2.21. The van der Waals surface area contributed by atoms with Gasteiger partial charge in [-0.3, -0.25) is 9.48 Å². The monoisotopic (exact) mass is 325 g/mol. The number of hydrogen-bond donors (Lipinski definition) is 2. The van der Waals surface area contributed by atoms with E-state index in [1.807, 2.05) is 30.3 Å². The molecule has 1 aromatic carbocycles. The third kappa shape index (κ3) is 3.36. The third-order valence-electron chi connectivity index (χ3n) is 3.76. The first-order valence-electron chi connectivity index (χ1n) is 7.56. The molecule has 0 aliphatic rings. The van der Waals surface area contributed by atoms with Gasteiger partial charge in [0.2, 0.25) is 0 Å². The second-order valence-corrected chi connectivity index (χ2v) is 5.84. The van der Waals surface area contributed by atoms with Gasteiger partial charge in [0.05, 0.1) is 18.4 Å². The van der Waals surface area contributed by atoms with Crippen LogP contribution in [-0.2, 0) is 12.6 Å². The van der Waals surface area contributed by atoms with Gasteiger partial charge in [0, 0.05) is 25.0 Å². The summed E-state index contributed by atoms with van der Waals surface area (Å²) in [5.41, 5.74) is 0.603. The third-order valence-corrected chi connectivity index (χ3v) is 3.76. The van der Waals surface area contributed by atoms with E-state index in [0.29, 0.717) is 11.3 Å². The van der Waals surface area contributed by atoms with Crippen LogP contribution in [0.15, 0.2) is 55.0 Å². The maximum Gasteiger partial charge on any atom is 0.271 e. The Morgan fingerprint density at radius 2 is 2.04 bits per heavy atom. The predicted molar refractivity (Wildman–Crippen MR) is 88.7 cm³/mol. The minimum absolute atomic E-state index is 0.0652. The smallest absolute Gasteiger partial charge is 0.271 e. The number of benzene rings is 1. The minimum atomic E-state index is -1.20. The molecule has 0 bridgehead atoms.